The van der Waals surface area contributed by atoms with E-state index in [2.05, 4.69) is 22.2 Å². The maximum Gasteiger partial charge on any atom is 0.271 e. The number of nitrogens with zero attached hydrogens (tertiary/aromatic N) is 3. The molecular formula is C25H27ClN4O2. The Morgan fingerprint density at radius 2 is 1.81 bits per heavy atom. The van der Waals surface area contributed by atoms with Gasteiger partial charge in [-0.05, 0) is 67.6 Å². The number of nitrogens with one attached hydrogen (secondary N) is 1. The largest absolute Gasteiger partial charge is 0.355 e. The summed E-state index contributed by atoms with van der Waals surface area (Å²) in [5.74, 6) is 0.690. The topological polar surface area (TPSA) is 67.2 Å². The average molecular weight is 451 g/mol. The summed E-state index contributed by atoms with van der Waals surface area (Å²) in [6, 6.07) is 16.7. The molecule has 0 atom stereocenters. The summed E-state index contributed by atoms with van der Waals surface area (Å²) in [5, 5.41) is 8.22. The Hall–Kier alpha value is -3.12. The maximum absolute atomic E-state index is 12.8. The highest BCUT2D eigenvalue weighted by atomic mass is 35.5. The molecule has 7 heteroatoms. The van der Waals surface area contributed by atoms with Crippen LogP contribution in [0, 0.1) is 12.8 Å². The van der Waals surface area contributed by atoms with Gasteiger partial charge in [-0.1, -0.05) is 36.7 Å². The highest BCUT2D eigenvalue weighted by molar-refractivity contribution is 6.31. The van der Waals surface area contributed by atoms with Crippen LogP contribution in [0.15, 0.2) is 59.4 Å². The van der Waals surface area contributed by atoms with E-state index in [0.29, 0.717) is 18.1 Å². The fourth-order valence-corrected chi connectivity index (χ4v) is 4.13. The first-order chi connectivity index (χ1) is 15.4. The summed E-state index contributed by atoms with van der Waals surface area (Å²) < 4.78 is 1.44. The molecule has 2 aromatic carbocycles. The third-order valence-electron chi connectivity index (χ3n) is 6.02. The molecule has 32 heavy (non-hydrogen) atoms. The van der Waals surface area contributed by atoms with Crippen LogP contribution in [-0.2, 0) is 11.2 Å². The van der Waals surface area contributed by atoms with E-state index in [4.69, 9.17) is 11.6 Å². The highest BCUT2D eigenvalue weighted by Crippen LogP contribution is 2.25. The van der Waals surface area contributed by atoms with Crippen molar-refractivity contribution >= 4 is 29.0 Å². The van der Waals surface area contributed by atoms with Crippen molar-refractivity contribution in [2.75, 3.05) is 23.3 Å². The molecule has 1 N–H and O–H groups in total. The Morgan fingerprint density at radius 1 is 1.09 bits per heavy atom. The molecule has 2 heterocycles. The number of rotatable bonds is 5. The van der Waals surface area contributed by atoms with Gasteiger partial charge in [0.1, 0.15) is 5.82 Å². The highest BCUT2D eigenvalue weighted by Gasteiger charge is 2.26. The SMILES string of the molecule is CCc1ccc(-n2nc(N3CCC(C(=O)Nc4cc(Cl)ccc4C)CC3)ccc2=O)cc1. The van der Waals surface area contributed by atoms with Crippen molar-refractivity contribution in [2.45, 2.75) is 33.1 Å². The molecule has 0 spiro atoms. The van der Waals surface area contributed by atoms with Crippen LogP contribution in [0.3, 0.4) is 0 Å². The number of aromatic nitrogens is 2. The number of carbonyl (C=O) groups excluding carboxylic acids is 1. The van der Waals surface area contributed by atoms with Crippen molar-refractivity contribution in [3.8, 4) is 5.69 Å². The van der Waals surface area contributed by atoms with Crippen molar-refractivity contribution in [3.63, 3.8) is 0 Å². The molecule has 1 amide bonds. The minimum absolute atomic E-state index is 0.0176. The van der Waals surface area contributed by atoms with Gasteiger partial charge in [0.25, 0.3) is 5.56 Å². The van der Waals surface area contributed by atoms with Crippen LogP contribution < -0.4 is 15.8 Å². The Bertz CT molecular complexity index is 1170. The van der Waals surface area contributed by atoms with Gasteiger partial charge in [-0.3, -0.25) is 9.59 Å². The first-order valence-electron chi connectivity index (χ1n) is 11.0. The van der Waals surface area contributed by atoms with Crippen molar-refractivity contribution in [1.82, 2.24) is 9.78 Å². The zero-order chi connectivity index (χ0) is 22.7. The Balaban J connectivity index is 1.43. The van der Waals surface area contributed by atoms with Gasteiger partial charge in [0.05, 0.1) is 5.69 Å². The average Bonchev–Trinajstić information content (AvgIpc) is 2.82. The second-order valence-corrected chi connectivity index (χ2v) is 8.61. The zero-order valence-electron chi connectivity index (χ0n) is 18.3. The van der Waals surface area contributed by atoms with E-state index in [-0.39, 0.29) is 17.4 Å². The Morgan fingerprint density at radius 3 is 2.50 bits per heavy atom. The molecule has 4 rings (SSSR count). The zero-order valence-corrected chi connectivity index (χ0v) is 19.1. The van der Waals surface area contributed by atoms with Crippen LogP contribution >= 0.6 is 11.6 Å². The van der Waals surface area contributed by atoms with E-state index in [0.717, 1.165) is 42.0 Å². The lowest BCUT2D eigenvalue weighted by Gasteiger charge is -2.32. The lowest BCUT2D eigenvalue weighted by Crippen LogP contribution is -2.39. The second-order valence-electron chi connectivity index (χ2n) is 8.17. The number of hydrogen-bond acceptors (Lipinski definition) is 4. The maximum atomic E-state index is 12.8. The third-order valence-corrected chi connectivity index (χ3v) is 6.26. The van der Waals surface area contributed by atoms with Gasteiger partial charge < -0.3 is 10.2 Å². The number of hydrogen-bond donors (Lipinski definition) is 1. The standard InChI is InChI=1S/C25H27ClN4O2/c1-3-18-5-8-21(9-6-18)30-24(31)11-10-23(28-30)29-14-12-19(13-15-29)25(32)27-22-16-20(26)7-4-17(22)2/h4-11,16,19H,3,12-15H2,1-2H3,(H,27,32). The van der Waals surface area contributed by atoms with Gasteiger partial charge >= 0.3 is 0 Å². The molecule has 1 saturated heterocycles. The first-order valence-corrected chi connectivity index (χ1v) is 11.3. The van der Waals surface area contributed by atoms with Gasteiger partial charge in [-0.15, -0.1) is 5.10 Å². The van der Waals surface area contributed by atoms with Crippen molar-refractivity contribution in [3.05, 3.63) is 81.1 Å². The molecular weight excluding hydrogens is 424 g/mol. The molecule has 0 unspecified atom stereocenters. The predicted octanol–water partition coefficient (Wildman–Crippen LogP) is 4.61. The lowest BCUT2D eigenvalue weighted by atomic mass is 9.95. The number of benzene rings is 2. The molecule has 6 nitrogen and oxygen atoms in total. The third kappa shape index (κ3) is 4.86. The molecule has 166 valence electrons. The summed E-state index contributed by atoms with van der Waals surface area (Å²) in [7, 11) is 0. The molecule has 0 saturated carbocycles. The Kier molecular flexibility index (Phi) is 6.61. The number of amides is 1. The van der Waals surface area contributed by atoms with E-state index in [1.54, 1.807) is 18.2 Å². The number of carbonyl (C=O) groups is 1. The lowest BCUT2D eigenvalue weighted by molar-refractivity contribution is -0.120. The molecule has 0 aliphatic carbocycles. The number of halogens is 1. The Labute approximate surface area is 192 Å². The van der Waals surface area contributed by atoms with Crippen LogP contribution in [-0.4, -0.2) is 28.8 Å². The molecule has 1 aliphatic rings. The summed E-state index contributed by atoms with van der Waals surface area (Å²) >= 11 is 6.07. The first kappa shape index (κ1) is 22.1. The fourth-order valence-electron chi connectivity index (χ4n) is 3.96. The normalized spacial score (nSPS) is 14.4. The van der Waals surface area contributed by atoms with Crippen LogP contribution in [0.25, 0.3) is 5.69 Å². The quantitative estimate of drug-likeness (QED) is 0.616. The van der Waals surface area contributed by atoms with Crippen molar-refractivity contribution in [2.24, 2.45) is 5.92 Å². The molecule has 1 aromatic heterocycles. The smallest absolute Gasteiger partial charge is 0.271 e. The van der Waals surface area contributed by atoms with E-state index in [1.165, 1.54) is 10.2 Å². The van der Waals surface area contributed by atoms with Gasteiger partial charge in [0.2, 0.25) is 5.91 Å². The monoisotopic (exact) mass is 450 g/mol. The van der Waals surface area contributed by atoms with E-state index >= 15 is 0 Å². The molecule has 3 aromatic rings. The van der Waals surface area contributed by atoms with Crippen LogP contribution in [0.4, 0.5) is 11.5 Å². The van der Waals surface area contributed by atoms with E-state index in [1.807, 2.05) is 43.3 Å². The minimum atomic E-state index is -0.163. The van der Waals surface area contributed by atoms with Gasteiger partial charge in [-0.25, -0.2) is 0 Å². The van der Waals surface area contributed by atoms with E-state index in [9.17, 15) is 9.59 Å². The molecule has 1 aliphatic heterocycles. The fraction of sp³-hybridized carbons (Fsp3) is 0.320. The van der Waals surface area contributed by atoms with Gasteiger partial charge in [0, 0.05) is 35.8 Å². The summed E-state index contributed by atoms with van der Waals surface area (Å²) in [5.41, 5.74) is 3.54. The van der Waals surface area contributed by atoms with Crippen LogP contribution in [0.2, 0.25) is 5.02 Å². The van der Waals surface area contributed by atoms with Gasteiger partial charge in [0.15, 0.2) is 0 Å². The van der Waals surface area contributed by atoms with E-state index < -0.39 is 0 Å². The minimum Gasteiger partial charge on any atom is -0.355 e. The number of anilines is 2. The van der Waals surface area contributed by atoms with Crippen molar-refractivity contribution < 1.29 is 4.79 Å². The summed E-state index contributed by atoms with van der Waals surface area (Å²) in [4.78, 5) is 27.3. The molecule has 1 fully saturated rings. The van der Waals surface area contributed by atoms with Crippen molar-refractivity contribution in [1.29, 1.82) is 0 Å². The summed E-state index contributed by atoms with van der Waals surface area (Å²) in [6.07, 6.45) is 2.39. The molecule has 0 radical (unpaired) electrons. The number of piperidine rings is 1. The number of aryl methyl sites for hydroxylation is 2. The van der Waals surface area contributed by atoms with Crippen LogP contribution in [0.5, 0.6) is 0 Å². The van der Waals surface area contributed by atoms with Gasteiger partial charge in [-0.2, -0.15) is 4.68 Å². The second kappa shape index (κ2) is 9.57. The van der Waals surface area contributed by atoms with Crippen LogP contribution in [0.1, 0.15) is 30.9 Å². The summed E-state index contributed by atoms with van der Waals surface area (Å²) in [6.45, 7) is 5.45. The molecule has 0 bridgehead atoms. The predicted molar refractivity (Wildman–Crippen MR) is 129 cm³/mol.